The second kappa shape index (κ2) is 17.1. The van der Waals surface area contributed by atoms with E-state index in [1.54, 1.807) is 58.0 Å². The molecule has 1 amide bonds. The molecule has 3 N–H and O–H groups in total. The minimum Gasteiger partial charge on any atom is -0.467 e. The maximum absolute atomic E-state index is 13.1. The number of nitrogens with two attached hydrogens (primary N) is 1. The molecular weight excluding hydrogens is 709 g/mol. The molecule has 0 bridgehead atoms. The van der Waals surface area contributed by atoms with Crippen LogP contribution in [0.1, 0.15) is 54.2 Å². The third kappa shape index (κ3) is 11.2. The van der Waals surface area contributed by atoms with Gasteiger partial charge in [-0.25, -0.2) is 23.1 Å². The second-order valence-corrected chi connectivity index (χ2v) is 14.6. The van der Waals surface area contributed by atoms with Crippen molar-refractivity contribution in [2.45, 2.75) is 50.7 Å². The fraction of sp³-hybridized carbons (Fsp3) is 0.355. The number of hydrogen-bond acceptors (Lipinski definition) is 12. The van der Waals surface area contributed by atoms with E-state index in [0.29, 0.717) is 16.3 Å². The minimum absolute atomic E-state index is 0.130. The van der Waals surface area contributed by atoms with E-state index in [4.69, 9.17) is 47.0 Å². The van der Waals surface area contributed by atoms with Gasteiger partial charge in [-0.2, -0.15) is 0 Å². The number of hydrogen-bond donors (Lipinski definition) is 2. The topological polar surface area (TPSA) is 185 Å². The molecule has 1 unspecified atom stereocenters. The fourth-order valence-corrected chi connectivity index (χ4v) is 6.26. The number of nitrogens with one attached hydrogen (secondary N) is 1. The van der Waals surface area contributed by atoms with Gasteiger partial charge in [0, 0.05) is 21.9 Å². The van der Waals surface area contributed by atoms with Crippen molar-refractivity contribution in [1.29, 1.82) is 0 Å². The summed E-state index contributed by atoms with van der Waals surface area (Å²) in [7, 11) is -4.24. The Morgan fingerprint density at radius 2 is 1.77 bits per heavy atom. The molecule has 0 aliphatic heterocycles. The van der Waals surface area contributed by atoms with Gasteiger partial charge in [0.05, 0.1) is 40.9 Å². The lowest BCUT2D eigenvalue weighted by Crippen LogP contribution is -2.53. The number of amides is 1. The molecule has 0 saturated heterocycles. The van der Waals surface area contributed by atoms with Crippen molar-refractivity contribution < 1.29 is 46.2 Å². The third-order valence-corrected chi connectivity index (χ3v) is 9.02. The van der Waals surface area contributed by atoms with E-state index in [0.717, 1.165) is 17.8 Å². The number of halogens is 2. The van der Waals surface area contributed by atoms with Crippen LogP contribution in [0.25, 0.3) is 0 Å². The molecule has 260 valence electrons. The fourth-order valence-electron chi connectivity index (χ4n) is 4.38. The van der Waals surface area contributed by atoms with Crippen LogP contribution in [0.2, 0.25) is 10.0 Å². The molecule has 0 aliphatic carbocycles. The summed E-state index contributed by atoms with van der Waals surface area (Å²) >= 11 is 13.2. The summed E-state index contributed by atoms with van der Waals surface area (Å²) < 4.78 is 44.6. The molecule has 0 fully saturated rings. The number of thioether (sulfide) groups is 1. The molecule has 1 aromatic heterocycles. The molecule has 0 spiro atoms. The van der Waals surface area contributed by atoms with Crippen molar-refractivity contribution in [2.75, 3.05) is 30.2 Å². The van der Waals surface area contributed by atoms with E-state index in [9.17, 15) is 27.6 Å². The molecule has 0 saturated carbocycles. The van der Waals surface area contributed by atoms with Crippen LogP contribution in [0.15, 0.2) is 64.1 Å². The van der Waals surface area contributed by atoms with Crippen LogP contribution < -0.4 is 10.5 Å². The van der Waals surface area contributed by atoms with Crippen molar-refractivity contribution in [3.8, 4) is 0 Å². The van der Waals surface area contributed by atoms with E-state index in [2.05, 4.69) is 5.32 Å². The Balaban J connectivity index is 1.48. The number of carbonyl (C=O) groups excluding carboxylic acids is 4. The standard InChI is InChI=1S/C31H35Cl2N3O10S2/c1-19(28(38)20-7-5-8-21(32)13-20)36(31(2,3)4)30(40)46-18-45-27(37)17-47-12-11-44-29(39)23-14-26(48(34,41)42)24(33)15-25(23)35-16-22-9-6-10-43-22/h5-10,13-15,19,35H,11-12,16-18H2,1-4H3,(H2,34,41,42). The second-order valence-electron chi connectivity index (χ2n) is 11.1. The zero-order chi connectivity index (χ0) is 35.6. The van der Waals surface area contributed by atoms with Gasteiger partial charge in [0.25, 0.3) is 0 Å². The van der Waals surface area contributed by atoms with Gasteiger partial charge in [0.2, 0.25) is 16.8 Å². The number of carbonyl (C=O) groups is 4. The highest BCUT2D eigenvalue weighted by atomic mass is 35.5. The molecule has 0 radical (unpaired) electrons. The van der Waals surface area contributed by atoms with Crippen LogP contribution in [0.4, 0.5) is 10.5 Å². The van der Waals surface area contributed by atoms with Gasteiger partial charge in [-0.05, 0) is 64.1 Å². The first kappa shape index (κ1) is 38.7. The first-order valence-corrected chi connectivity index (χ1v) is 17.7. The van der Waals surface area contributed by atoms with E-state index in [1.807, 2.05) is 0 Å². The third-order valence-electron chi connectivity index (χ3n) is 6.51. The number of furan rings is 1. The van der Waals surface area contributed by atoms with Gasteiger partial charge in [0.15, 0.2) is 5.78 Å². The van der Waals surface area contributed by atoms with Crippen molar-refractivity contribution in [1.82, 2.24) is 4.90 Å². The van der Waals surface area contributed by atoms with Crippen molar-refractivity contribution in [3.63, 3.8) is 0 Å². The number of benzene rings is 2. The number of nitrogens with zero attached hydrogens (tertiary/aromatic N) is 1. The summed E-state index contributed by atoms with van der Waals surface area (Å²) in [6.45, 7) is 6.10. The van der Waals surface area contributed by atoms with Gasteiger partial charge in [-0.1, -0.05) is 35.3 Å². The normalized spacial score (nSPS) is 12.1. The van der Waals surface area contributed by atoms with E-state index in [1.165, 1.54) is 23.3 Å². The predicted octanol–water partition coefficient (Wildman–Crippen LogP) is 5.75. The largest absolute Gasteiger partial charge is 0.467 e. The summed E-state index contributed by atoms with van der Waals surface area (Å²) in [4.78, 5) is 51.9. The highest BCUT2D eigenvalue weighted by Crippen LogP contribution is 2.29. The lowest BCUT2D eigenvalue weighted by atomic mass is 9.98. The number of rotatable bonds is 15. The molecule has 2 aromatic carbocycles. The van der Waals surface area contributed by atoms with Crippen LogP contribution in [0, 0.1) is 0 Å². The minimum atomic E-state index is -4.24. The number of primary sulfonamides is 1. The number of sulfonamides is 1. The Kier molecular flexibility index (Phi) is 13.8. The molecule has 0 aliphatic rings. The van der Waals surface area contributed by atoms with E-state index >= 15 is 0 Å². The first-order valence-electron chi connectivity index (χ1n) is 14.3. The smallest absolute Gasteiger partial charge is 0.413 e. The van der Waals surface area contributed by atoms with Crippen LogP contribution in [0.5, 0.6) is 0 Å². The summed E-state index contributed by atoms with van der Waals surface area (Å²) in [5, 5.41) is 8.38. The van der Waals surface area contributed by atoms with Crippen LogP contribution in [-0.2, 0) is 35.6 Å². The maximum atomic E-state index is 13.1. The summed E-state index contributed by atoms with van der Waals surface area (Å²) in [5.74, 6) is -1.35. The molecule has 1 heterocycles. The number of ketones is 1. The average Bonchev–Trinajstić information content (AvgIpc) is 3.52. The van der Waals surface area contributed by atoms with E-state index in [-0.39, 0.29) is 46.7 Å². The van der Waals surface area contributed by atoms with E-state index < -0.39 is 51.3 Å². The molecule has 3 rings (SSSR count). The quantitative estimate of drug-likeness (QED) is 0.0833. The summed E-state index contributed by atoms with van der Waals surface area (Å²) in [6, 6.07) is 11.1. The lowest BCUT2D eigenvalue weighted by Gasteiger charge is -2.38. The van der Waals surface area contributed by atoms with Gasteiger partial charge in [-0.15, -0.1) is 11.8 Å². The predicted molar refractivity (Wildman–Crippen MR) is 181 cm³/mol. The number of ether oxygens (including phenoxy) is 3. The highest BCUT2D eigenvalue weighted by molar-refractivity contribution is 7.99. The Labute approximate surface area is 292 Å². The van der Waals surface area contributed by atoms with Crippen molar-refractivity contribution in [3.05, 3.63) is 81.7 Å². The number of Topliss-reactive ketones (excluding diaryl/α,β-unsaturated/α-hetero) is 1. The maximum Gasteiger partial charge on any atom is 0.413 e. The Hall–Kier alpha value is -3.76. The van der Waals surface area contributed by atoms with Gasteiger partial charge in [-0.3, -0.25) is 14.5 Å². The summed E-state index contributed by atoms with van der Waals surface area (Å²) in [5.41, 5.74) is -0.429. The zero-order valence-corrected chi connectivity index (χ0v) is 29.6. The summed E-state index contributed by atoms with van der Waals surface area (Å²) in [6.07, 6.45) is 0.613. The molecule has 48 heavy (non-hydrogen) atoms. The van der Waals surface area contributed by atoms with Crippen LogP contribution >= 0.6 is 35.0 Å². The van der Waals surface area contributed by atoms with Crippen LogP contribution in [-0.4, -0.2) is 73.6 Å². The van der Waals surface area contributed by atoms with Crippen molar-refractivity contribution in [2.24, 2.45) is 5.14 Å². The molecular formula is C31H35Cl2N3O10S2. The van der Waals surface area contributed by atoms with Gasteiger partial charge < -0.3 is 23.9 Å². The number of esters is 2. The van der Waals surface area contributed by atoms with Crippen LogP contribution in [0.3, 0.4) is 0 Å². The van der Waals surface area contributed by atoms with Gasteiger partial charge >= 0.3 is 18.0 Å². The first-order chi connectivity index (χ1) is 22.5. The molecule has 1 atom stereocenters. The van der Waals surface area contributed by atoms with Gasteiger partial charge in [0.1, 0.15) is 17.3 Å². The Morgan fingerprint density at radius 1 is 1.04 bits per heavy atom. The number of anilines is 1. The zero-order valence-electron chi connectivity index (χ0n) is 26.5. The molecule has 17 heteroatoms. The van der Waals surface area contributed by atoms with Crippen molar-refractivity contribution >= 4 is 74.5 Å². The monoisotopic (exact) mass is 743 g/mol. The lowest BCUT2D eigenvalue weighted by molar-refractivity contribution is -0.149. The molecule has 3 aromatic rings. The molecule has 13 nitrogen and oxygen atoms in total. The highest BCUT2D eigenvalue weighted by Gasteiger charge is 2.36. The average molecular weight is 745 g/mol. The Bertz CT molecular complexity index is 1730. The SMILES string of the molecule is CC(C(=O)c1cccc(Cl)c1)N(C(=O)OCOC(=O)CSCCOC(=O)c1cc(S(N)(=O)=O)c(Cl)cc1NCc1ccco1)C(C)(C)C. The Morgan fingerprint density at radius 3 is 2.40 bits per heavy atom.